The van der Waals surface area contributed by atoms with Crippen molar-refractivity contribution in [2.75, 3.05) is 7.05 Å². The zero-order chi connectivity index (χ0) is 23.3. The first-order valence-corrected chi connectivity index (χ1v) is 11.2. The Morgan fingerprint density at radius 1 is 0.912 bits per heavy atom. The van der Waals surface area contributed by atoms with Gasteiger partial charge >= 0.3 is 6.03 Å². The summed E-state index contributed by atoms with van der Waals surface area (Å²) in [5, 5.41) is 7.39. The van der Waals surface area contributed by atoms with Gasteiger partial charge in [-0.2, -0.15) is 5.10 Å². The average Bonchev–Trinajstić information content (AvgIpc) is 3.51. The highest BCUT2D eigenvalue weighted by Crippen LogP contribution is 2.15. The number of para-hydroxylation sites is 3. The minimum Gasteiger partial charge on any atom is -0.334 e. The predicted octanol–water partition coefficient (Wildman–Crippen LogP) is 4.61. The fourth-order valence-corrected chi connectivity index (χ4v) is 3.92. The smallest absolute Gasteiger partial charge is 0.317 e. The van der Waals surface area contributed by atoms with E-state index in [4.69, 9.17) is 0 Å². The minimum absolute atomic E-state index is 0.124. The summed E-state index contributed by atoms with van der Waals surface area (Å²) in [4.78, 5) is 18.7. The van der Waals surface area contributed by atoms with Gasteiger partial charge < -0.3 is 14.8 Å². The summed E-state index contributed by atoms with van der Waals surface area (Å²) in [6.07, 6.45) is 5.61. The van der Waals surface area contributed by atoms with Crippen molar-refractivity contribution in [2.24, 2.45) is 0 Å². The third-order valence-electron chi connectivity index (χ3n) is 5.77. The van der Waals surface area contributed by atoms with E-state index in [1.54, 1.807) is 18.1 Å². The maximum atomic E-state index is 12.6. The topological polar surface area (TPSA) is 68.0 Å². The number of hydrogen-bond acceptors (Lipinski definition) is 3. The van der Waals surface area contributed by atoms with Crippen molar-refractivity contribution in [2.45, 2.75) is 19.6 Å². The van der Waals surface area contributed by atoms with Crippen LogP contribution in [-0.2, 0) is 19.6 Å². The number of nitrogens with zero attached hydrogens (tertiary/aromatic N) is 5. The maximum Gasteiger partial charge on any atom is 0.317 e. The van der Waals surface area contributed by atoms with Crippen molar-refractivity contribution in [1.82, 2.24) is 29.5 Å². The van der Waals surface area contributed by atoms with Crippen molar-refractivity contribution in [1.29, 1.82) is 0 Å². The van der Waals surface area contributed by atoms with E-state index in [-0.39, 0.29) is 6.03 Å². The first-order chi connectivity index (χ1) is 16.7. The highest BCUT2D eigenvalue weighted by atomic mass is 16.2. The molecule has 1 N–H and O–H groups in total. The normalized spacial score (nSPS) is 11.0. The molecule has 0 radical (unpaired) electrons. The molecule has 0 aliphatic rings. The van der Waals surface area contributed by atoms with E-state index in [0.29, 0.717) is 13.1 Å². The molecule has 34 heavy (non-hydrogen) atoms. The van der Waals surface area contributed by atoms with Gasteiger partial charge in [0.05, 0.1) is 35.8 Å². The van der Waals surface area contributed by atoms with Crippen LogP contribution in [0, 0.1) is 0 Å². The molecule has 7 nitrogen and oxygen atoms in total. The Morgan fingerprint density at radius 3 is 2.47 bits per heavy atom. The van der Waals surface area contributed by atoms with Crippen molar-refractivity contribution in [3.63, 3.8) is 0 Å². The zero-order valence-corrected chi connectivity index (χ0v) is 19.0. The molecule has 170 valence electrons. The van der Waals surface area contributed by atoms with E-state index < -0.39 is 0 Å². The summed E-state index contributed by atoms with van der Waals surface area (Å²) < 4.78 is 3.95. The Balaban J connectivity index is 1.13. The van der Waals surface area contributed by atoms with Crippen molar-refractivity contribution < 1.29 is 4.79 Å². The van der Waals surface area contributed by atoms with Crippen LogP contribution in [0.4, 0.5) is 4.79 Å². The van der Waals surface area contributed by atoms with Gasteiger partial charge in [0.1, 0.15) is 0 Å². The Labute approximate surface area is 198 Å². The molecule has 0 aliphatic heterocycles. The van der Waals surface area contributed by atoms with Gasteiger partial charge in [-0.15, -0.1) is 0 Å². The number of hydrogen-bond donors (Lipinski definition) is 1. The molecule has 0 atom stereocenters. The molecule has 2 heterocycles. The van der Waals surface area contributed by atoms with Crippen LogP contribution in [0.5, 0.6) is 0 Å². The molecule has 0 fully saturated rings. The van der Waals surface area contributed by atoms with Gasteiger partial charge in [0.2, 0.25) is 0 Å². The fourth-order valence-electron chi connectivity index (χ4n) is 3.92. The summed E-state index contributed by atoms with van der Waals surface area (Å²) in [5.74, 6) is 0. The fraction of sp³-hybridized carbons (Fsp3) is 0.148. The third-order valence-corrected chi connectivity index (χ3v) is 5.77. The monoisotopic (exact) mass is 450 g/mol. The predicted molar refractivity (Wildman–Crippen MR) is 133 cm³/mol. The Kier molecular flexibility index (Phi) is 6.07. The number of nitrogens with one attached hydrogen (secondary N) is 1. The van der Waals surface area contributed by atoms with E-state index in [9.17, 15) is 4.79 Å². The van der Waals surface area contributed by atoms with Crippen LogP contribution in [0.25, 0.3) is 16.7 Å². The molecule has 7 heteroatoms. The minimum atomic E-state index is -0.124. The highest BCUT2D eigenvalue weighted by molar-refractivity contribution is 5.75. The number of benzene rings is 3. The molecule has 0 spiro atoms. The number of carbonyl (C=O) groups is 1. The van der Waals surface area contributed by atoms with Crippen LogP contribution in [-0.4, -0.2) is 37.3 Å². The lowest BCUT2D eigenvalue weighted by Gasteiger charge is -2.17. The van der Waals surface area contributed by atoms with E-state index in [1.807, 2.05) is 65.7 Å². The number of amides is 2. The van der Waals surface area contributed by atoms with Crippen molar-refractivity contribution in [3.8, 4) is 5.69 Å². The Hall–Kier alpha value is -4.39. The number of carbonyl (C=O) groups excluding carboxylic acids is 1. The molecule has 0 bridgehead atoms. The molecule has 0 saturated heterocycles. The lowest BCUT2D eigenvalue weighted by Crippen LogP contribution is -2.36. The lowest BCUT2D eigenvalue weighted by atomic mass is 10.1. The molecule has 3 aromatic carbocycles. The van der Waals surface area contributed by atoms with Gasteiger partial charge in [0.15, 0.2) is 0 Å². The second-order valence-corrected chi connectivity index (χ2v) is 8.32. The molecule has 0 saturated carbocycles. The van der Waals surface area contributed by atoms with Crippen LogP contribution in [0.2, 0.25) is 0 Å². The number of aromatic nitrogens is 4. The zero-order valence-electron chi connectivity index (χ0n) is 19.0. The van der Waals surface area contributed by atoms with Crippen LogP contribution >= 0.6 is 0 Å². The standard InChI is InChI=1S/C27H26N6O/c1-31(17-23-16-30-33(19-23)24-7-3-2-4-8-24)27(34)28-15-21-11-13-22(14-12-21)18-32-20-29-25-9-5-6-10-26(25)32/h2-14,16,19-20H,15,17-18H2,1H3,(H,28,34). The van der Waals surface area contributed by atoms with Gasteiger partial charge in [-0.25, -0.2) is 14.5 Å². The van der Waals surface area contributed by atoms with Crippen molar-refractivity contribution in [3.05, 3.63) is 114 Å². The summed E-state index contributed by atoms with van der Waals surface area (Å²) in [6, 6.07) is 26.2. The number of urea groups is 1. The largest absolute Gasteiger partial charge is 0.334 e. The van der Waals surface area contributed by atoms with E-state index in [1.165, 1.54) is 5.56 Å². The number of fused-ring (bicyclic) bond motifs is 1. The molecular weight excluding hydrogens is 424 g/mol. The quantitative estimate of drug-likeness (QED) is 0.394. The van der Waals surface area contributed by atoms with Gasteiger partial charge in [0, 0.05) is 31.9 Å². The van der Waals surface area contributed by atoms with Crippen LogP contribution in [0.3, 0.4) is 0 Å². The number of rotatable bonds is 7. The SMILES string of the molecule is CN(Cc1cnn(-c2ccccc2)c1)C(=O)NCc1ccc(Cn2cnc3ccccc32)cc1. The van der Waals surface area contributed by atoms with Gasteiger partial charge in [-0.3, -0.25) is 0 Å². The summed E-state index contributed by atoms with van der Waals surface area (Å²) in [7, 11) is 1.79. The van der Waals surface area contributed by atoms with E-state index in [0.717, 1.165) is 34.4 Å². The second-order valence-electron chi connectivity index (χ2n) is 8.32. The highest BCUT2D eigenvalue weighted by Gasteiger charge is 2.11. The molecular formula is C27H26N6O. The average molecular weight is 451 g/mol. The molecule has 5 rings (SSSR count). The summed E-state index contributed by atoms with van der Waals surface area (Å²) in [5.41, 5.74) is 6.32. The Morgan fingerprint density at radius 2 is 1.65 bits per heavy atom. The summed E-state index contributed by atoms with van der Waals surface area (Å²) >= 11 is 0. The van der Waals surface area contributed by atoms with Gasteiger partial charge in [0.25, 0.3) is 0 Å². The van der Waals surface area contributed by atoms with E-state index >= 15 is 0 Å². The third kappa shape index (κ3) is 4.83. The number of imidazole rings is 1. The Bertz CT molecular complexity index is 1390. The maximum absolute atomic E-state index is 12.6. The second kappa shape index (κ2) is 9.62. The van der Waals surface area contributed by atoms with E-state index in [2.05, 4.69) is 50.3 Å². The molecule has 0 unspecified atom stereocenters. The van der Waals surface area contributed by atoms with Crippen LogP contribution < -0.4 is 5.32 Å². The first-order valence-electron chi connectivity index (χ1n) is 11.2. The van der Waals surface area contributed by atoms with Crippen molar-refractivity contribution >= 4 is 17.1 Å². The molecule has 0 aliphatic carbocycles. The summed E-state index contributed by atoms with van der Waals surface area (Å²) in [6.45, 7) is 1.71. The lowest BCUT2D eigenvalue weighted by molar-refractivity contribution is 0.206. The molecule has 2 aromatic heterocycles. The van der Waals surface area contributed by atoms with Crippen LogP contribution in [0.1, 0.15) is 16.7 Å². The van der Waals surface area contributed by atoms with Gasteiger partial charge in [-0.1, -0.05) is 54.6 Å². The molecule has 5 aromatic rings. The first kappa shape index (κ1) is 21.5. The van der Waals surface area contributed by atoms with Gasteiger partial charge in [-0.05, 0) is 35.4 Å². The van der Waals surface area contributed by atoms with Crippen LogP contribution in [0.15, 0.2) is 97.6 Å². The molecule has 2 amide bonds.